The number of hydrogen-bond donors (Lipinski definition) is 1. The number of carbonyl (C=O) groups excluding carboxylic acids is 1. The lowest BCUT2D eigenvalue weighted by Gasteiger charge is -2.34. The number of likely N-dealkylation sites (tertiary alicyclic amines) is 1. The summed E-state index contributed by atoms with van der Waals surface area (Å²) in [6.45, 7) is 6.61. The van der Waals surface area contributed by atoms with Gasteiger partial charge in [0.1, 0.15) is 28.6 Å². The number of pyridine rings is 1. The van der Waals surface area contributed by atoms with E-state index in [4.69, 9.17) is 16.3 Å². The molecule has 174 valence electrons. The maximum atomic E-state index is 14.4. The lowest BCUT2D eigenvalue weighted by Crippen LogP contribution is -2.42. The molecule has 1 aromatic carbocycles. The number of amides is 1. The first-order valence-electron chi connectivity index (χ1n) is 10.6. The van der Waals surface area contributed by atoms with Gasteiger partial charge >= 0.3 is 6.09 Å². The van der Waals surface area contributed by atoms with Gasteiger partial charge in [-0.1, -0.05) is 11.6 Å². The van der Waals surface area contributed by atoms with E-state index in [1.807, 2.05) is 26.8 Å². The first-order chi connectivity index (χ1) is 15.6. The molecule has 1 atom stereocenters. The predicted molar refractivity (Wildman–Crippen MR) is 122 cm³/mol. The van der Waals surface area contributed by atoms with E-state index in [1.54, 1.807) is 11.1 Å². The van der Waals surface area contributed by atoms with Crippen LogP contribution < -0.4 is 5.32 Å². The Labute approximate surface area is 195 Å². The Morgan fingerprint density at radius 3 is 2.79 bits per heavy atom. The van der Waals surface area contributed by atoms with E-state index in [0.29, 0.717) is 29.8 Å². The number of aromatic nitrogens is 3. The molecule has 10 heteroatoms. The van der Waals surface area contributed by atoms with E-state index >= 15 is 0 Å². The van der Waals surface area contributed by atoms with Gasteiger partial charge in [-0.15, -0.1) is 0 Å². The summed E-state index contributed by atoms with van der Waals surface area (Å²) >= 11 is 5.70. The summed E-state index contributed by atoms with van der Waals surface area (Å²) in [7, 11) is 0. The molecule has 4 rings (SSSR count). The third kappa shape index (κ3) is 5.13. The molecule has 0 spiro atoms. The summed E-state index contributed by atoms with van der Waals surface area (Å²) in [6.07, 6.45) is 4.29. The summed E-state index contributed by atoms with van der Waals surface area (Å²) in [6, 6.07) is 4.17. The number of rotatable bonds is 3. The first-order valence-corrected chi connectivity index (χ1v) is 11.0. The zero-order valence-corrected chi connectivity index (χ0v) is 19.3. The Bertz CT molecular complexity index is 1200. The SMILES string of the molecule is CC(C)(C)OC(=O)N1CCC[C@H](c2cc3c(Nc4ccc(F)c(Cl)c4F)ncnc3cn2)C1. The maximum absolute atomic E-state index is 14.4. The molecule has 2 aromatic heterocycles. The van der Waals surface area contributed by atoms with Crippen molar-refractivity contribution in [1.29, 1.82) is 0 Å². The first kappa shape index (κ1) is 23.1. The van der Waals surface area contributed by atoms with Crippen molar-refractivity contribution in [2.45, 2.75) is 45.1 Å². The molecule has 1 saturated heterocycles. The Hall–Kier alpha value is -3.07. The van der Waals surface area contributed by atoms with Gasteiger partial charge in [0.15, 0.2) is 5.82 Å². The number of benzene rings is 1. The fraction of sp³-hybridized carbons (Fsp3) is 0.391. The van der Waals surface area contributed by atoms with Crippen LogP contribution >= 0.6 is 11.6 Å². The third-order valence-corrected chi connectivity index (χ3v) is 5.67. The molecular weight excluding hydrogens is 452 g/mol. The zero-order valence-electron chi connectivity index (χ0n) is 18.5. The van der Waals surface area contributed by atoms with Gasteiger partial charge in [-0.05, 0) is 51.8 Å². The molecular formula is C23H24ClF2N5O2. The van der Waals surface area contributed by atoms with Gasteiger partial charge < -0.3 is 15.0 Å². The van der Waals surface area contributed by atoms with Gasteiger partial charge in [0.25, 0.3) is 0 Å². The average molecular weight is 476 g/mol. The molecule has 3 heterocycles. The minimum absolute atomic E-state index is 0.000672. The Balaban J connectivity index is 1.62. The third-order valence-electron chi connectivity index (χ3n) is 5.32. The molecule has 0 aliphatic carbocycles. The van der Waals surface area contributed by atoms with Gasteiger partial charge in [0.2, 0.25) is 0 Å². The number of anilines is 2. The maximum Gasteiger partial charge on any atom is 0.410 e. The lowest BCUT2D eigenvalue weighted by atomic mass is 9.94. The van der Waals surface area contributed by atoms with Crippen LogP contribution in [0.1, 0.15) is 45.2 Å². The van der Waals surface area contributed by atoms with Gasteiger partial charge in [-0.3, -0.25) is 4.98 Å². The van der Waals surface area contributed by atoms with Gasteiger partial charge in [0.05, 0.1) is 17.4 Å². The van der Waals surface area contributed by atoms with E-state index in [2.05, 4.69) is 20.3 Å². The quantitative estimate of drug-likeness (QED) is 0.481. The minimum Gasteiger partial charge on any atom is -0.444 e. The van der Waals surface area contributed by atoms with E-state index in [1.165, 1.54) is 12.4 Å². The predicted octanol–water partition coefficient (Wildman–Crippen LogP) is 5.81. The highest BCUT2D eigenvalue weighted by molar-refractivity contribution is 6.31. The molecule has 0 unspecified atom stereocenters. The normalized spacial score (nSPS) is 16.7. The fourth-order valence-electron chi connectivity index (χ4n) is 3.76. The topological polar surface area (TPSA) is 80.2 Å². The lowest BCUT2D eigenvalue weighted by molar-refractivity contribution is 0.0197. The highest BCUT2D eigenvalue weighted by atomic mass is 35.5. The number of piperidine rings is 1. The van der Waals surface area contributed by atoms with Gasteiger partial charge in [0, 0.05) is 30.1 Å². The van der Waals surface area contributed by atoms with Crippen molar-refractivity contribution >= 4 is 40.1 Å². The molecule has 1 aliphatic heterocycles. The van der Waals surface area contributed by atoms with Crippen LogP contribution in [0.15, 0.2) is 30.7 Å². The van der Waals surface area contributed by atoms with Crippen LogP contribution in [0.3, 0.4) is 0 Å². The summed E-state index contributed by atoms with van der Waals surface area (Å²) in [5.41, 5.74) is 0.756. The van der Waals surface area contributed by atoms with Crippen molar-refractivity contribution < 1.29 is 18.3 Å². The molecule has 7 nitrogen and oxygen atoms in total. The summed E-state index contributed by atoms with van der Waals surface area (Å²) in [5.74, 6) is -1.41. The van der Waals surface area contributed by atoms with Gasteiger partial charge in [-0.2, -0.15) is 0 Å². The van der Waals surface area contributed by atoms with E-state index in [-0.39, 0.29) is 17.7 Å². The summed E-state index contributed by atoms with van der Waals surface area (Å²) in [5, 5.41) is 2.91. The van der Waals surface area contributed by atoms with Crippen LogP contribution in [0, 0.1) is 11.6 Å². The second kappa shape index (κ2) is 9.05. The van der Waals surface area contributed by atoms with E-state index < -0.39 is 22.3 Å². The van der Waals surface area contributed by atoms with Crippen molar-refractivity contribution in [3.05, 3.63) is 53.1 Å². The molecule has 3 aromatic rings. The number of hydrogen-bond acceptors (Lipinski definition) is 6. The largest absolute Gasteiger partial charge is 0.444 e. The monoisotopic (exact) mass is 475 g/mol. The molecule has 1 aliphatic rings. The van der Waals surface area contributed by atoms with Crippen molar-refractivity contribution in [1.82, 2.24) is 19.9 Å². The smallest absolute Gasteiger partial charge is 0.410 e. The number of ether oxygens (including phenoxy) is 1. The number of nitrogens with zero attached hydrogens (tertiary/aromatic N) is 4. The summed E-state index contributed by atoms with van der Waals surface area (Å²) < 4.78 is 33.4. The van der Waals surface area contributed by atoms with Crippen LogP contribution in [0.5, 0.6) is 0 Å². The number of carbonyl (C=O) groups is 1. The van der Waals surface area contributed by atoms with Crippen molar-refractivity contribution in [2.75, 3.05) is 18.4 Å². The second-order valence-corrected chi connectivity index (χ2v) is 9.34. The summed E-state index contributed by atoms with van der Waals surface area (Å²) in [4.78, 5) is 27.2. The van der Waals surface area contributed by atoms with Crippen LogP contribution in [0.2, 0.25) is 5.02 Å². The standard InChI is InChI=1S/C23H24ClF2N5O2/c1-23(2,3)33-22(32)31-8-4-5-13(11-31)17-9-14-18(10-27-17)28-12-29-21(14)30-16-7-6-15(25)19(24)20(16)26/h6-7,9-10,12-13H,4-5,8,11H2,1-3H3,(H,28,29,30)/t13-/m0/s1. The van der Waals surface area contributed by atoms with Crippen molar-refractivity contribution in [2.24, 2.45) is 0 Å². The van der Waals surface area contributed by atoms with Crippen LogP contribution in [0.25, 0.3) is 10.9 Å². The highest BCUT2D eigenvalue weighted by Gasteiger charge is 2.29. The Morgan fingerprint density at radius 2 is 2.03 bits per heavy atom. The molecule has 0 radical (unpaired) electrons. The second-order valence-electron chi connectivity index (χ2n) is 8.96. The molecule has 0 saturated carbocycles. The van der Waals surface area contributed by atoms with Crippen LogP contribution in [-0.4, -0.2) is 44.6 Å². The minimum atomic E-state index is -0.905. The molecule has 33 heavy (non-hydrogen) atoms. The average Bonchev–Trinajstić information content (AvgIpc) is 2.78. The number of fused-ring (bicyclic) bond motifs is 1. The van der Waals surface area contributed by atoms with Crippen molar-refractivity contribution in [3.8, 4) is 0 Å². The molecule has 0 bridgehead atoms. The van der Waals surface area contributed by atoms with E-state index in [9.17, 15) is 13.6 Å². The Kier molecular flexibility index (Phi) is 6.34. The number of halogens is 3. The van der Waals surface area contributed by atoms with Crippen LogP contribution in [-0.2, 0) is 4.74 Å². The van der Waals surface area contributed by atoms with Gasteiger partial charge in [-0.25, -0.2) is 23.5 Å². The van der Waals surface area contributed by atoms with E-state index in [0.717, 1.165) is 24.6 Å². The Morgan fingerprint density at radius 1 is 1.24 bits per heavy atom. The van der Waals surface area contributed by atoms with Crippen molar-refractivity contribution in [3.63, 3.8) is 0 Å². The van der Waals surface area contributed by atoms with Crippen LogP contribution in [0.4, 0.5) is 25.1 Å². The zero-order chi connectivity index (χ0) is 23.8. The number of nitrogens with one attached hydrogen (secondary N) is 1. The molecule has 1 fully saturated rings. The highest BCUT2D eigenvalue weighted by Crippen LogP contribution is 2.32. The fourth-order valence-corrected chi connectivity index (χ4v) is 3.92. The molecule has 1 amide bonds. The molecule has 1 N–H and O–H groups in total.